The Bertz CT molecular complexity index is 421. The number of nitriles is 1. The van der Waals surface area contributed by atoms with Crippen LogP contribution >= 0.6 is 0 Å². The first-order valence-electron chi connectivity index (χ1n) is 5.53. The zero-order valence-electron chi connectivity index (χ0n) is 10.5. The van der Waals surface area contributed by atoms with Crippen molar-refractivity contribution in [2.75, 3.05) is 6.61 Å². The van der Waals surface area contributed by atoms with E-state index in [0.29, 0.717) is 12.2 Å². The fourth-order valence-electron chi connectivity index (χ4n) is 1.15. The average Bonchev–Trinajstić information content (AvgIpc) is 2.28. The van der Waals surface area contributed by atoms with E-state index in [2.05, 4.69) is 6.07 Å². The molecule has 0 heterocycles. The number of ketones is 1. The summed E-state index contributed by atoms with van der Waals surface area (Å²) in [6.45, 7) is 6.15. The molecule has 17 heavy (non-hydrogen) atoms. The molecule has 1 rings (SSSR count). The summed E-state index contributed by atoms with van der Waals surface area (Å²) in [4.78, 5) is 11.6. The molecule has 0 aliphatic heterocycles. The maximum Gasteiger partial charge on any atom is 0.163 e. The number of carbonyl (C=O) groups is 1. The lowest BCUT2D eigenvalue weighted by Crippen LogP contribution is -2.24. The number of benzene rings is 1. The van der Waals surface area contributed by atoms with Crippen molar-refractivity contribution in [2.24, 2.45) is 5.41 Å². The summed E-state index contributed by atoms with van der Waals surface area (Å²) in [6, 6.07) is 9.20. The molecule has 1 aromatic carbocycles. The summed E-state index contributed by atoms with van der Waals surface area (Å²) in [6.07, 6.45) is 0. The van der Waals surface area contributed by atoms with Crippen LogP contribution < -0.4 is 0 Å². The van der Waals surface area contributed by atoms with E-state index in [1.54, 1.807) is 12.1 Å². The molecule has 0 fully saturated rings. The van der Waals surface area contributed by atoms with Gasteiger partial charge < -0.3 is 4.74 Å². The molecule has 0 radical (unpaired) electrons. The summed E-state index contributed by atoms with van der Waals surface area (Å²) in [5, 5.41) is 8.64. The zero-order chi connectivity index (χ0) is 12.9. The molecular formula is C14H17NO2. The maximum atomic E-state index is 11.6. The first kappa shape index (κ1) is 13.4. The predicted octanol–water partition coefficient (Wildman–Crippen LogP) is 2.69. The van der Waals surface area contributed by atoms with Crippen LogP contribution in [0.1, 0.15) is 31.9 Å². The summed E-state index contributed by atoms with van der Waals surface area (Å²) < 4.78 is 5.35. The van der Waals surface area contributed by atoms with Gasteiger partial charge in [0.2, 0.25) is 0 Å². The first-order chi connectivity index (χ1) is 7.93. The highest BCUT2D eigenvalue weighted by atomic mass is 16.5. The molecule has 0 atom stereocenters. The molecule has 0 bridgehead atoms. The minimum absolute atomic E-state index is 0.0890. The van der Waals surface area contributed by atoms with E-state index in [4.69, 9.17) is 10.00 Å². The van der Waals surface area contributed by atoms with Crippen LogP contribution in [-0.4, -0.2) is 12.4 Å². The number of hydrogen-bond acceptors (Lipinski definition) is 3. The Hall–Kier alpha value is -1.66. The highest BCUT2D eigenvalue weighted by Gasteiger charge is 2.20. The quantitative estimate of drug-likeness (QED) is 0.800. The van der Waals surface area contributed by atoms with E-state index in [1.165, 1.54) is 0 Å². The van der Waals surface area contributed by atoms with E-state index >= 15 is 0 Å². The average molecular weight is 231 g/mol. The van der Waals surface area contributed by atoms with Gasteiger partial charge >= 0.3 is 0 Å². The molecule has 0 saturated carbocycles. The Kier molecular flexibility index (Phi) is 4.42. The molecule has 0 aromatic heterocycles. The Morgan fingerprint density at radius 2 is 1.88 bits per heavy atom. The van der Waals surface area contributed by atoms with Crippen LogP contribution in [0.15, 0.2) is 24.3 Å². The van der Waals surface area contributed by atoms with Gasteiger partial charge in [-0.15, -0.1) is 0 Å². The molecule has 0 spiro atoms. The van der Waals surface area contributed by atoms with E-state index in [9.17, 15) is 4.79 Å². The number of ether oxygens (including phenoxy) is 1. The van der Waals surface area contributed by atoms with Gasteiger partial charge in [0, 0.05) is 5.41 Å². The van der Waals surface area contributed by atoms with Crippen molar-refractivity contribution in [2.45, 2.75) is 27.4 Å². The van der Waals surface area contributed by atoms with Crippen LogP contribution in [0.3, 0.4) is 0 Å². The van der Waals surface area contributed by atoms with Crippen LogP contribution in [-0.2, 0) is 16.1 Å². The van der Waals surface area contributed by atoms with Crippen LogP contribution in [0.4, 0.5) is 0 Å². The molecule has 3 nitrogen and oxygen atoms in total. The van der Waals surface area contributed by atoms with Crippen molar-refractivity contribution in [3.8, 4) is 6.07 Å². The molecule has 0 aliphatic carbocycles. The van der Waals surface area contributed by atoms with Crippen molar-refractivity contribution in [3.05, 3.63) is 35.4 Å². The summed E-state index contributed by atoms with van der Waals surface area (Å²) in [7, 11) is 0. The second kappa shape index (κ2) is 5.60. The molecule has 3 heteroatoms. The normalized spacial score (nSPS) is 10.9. The van der Waals surface area contributed by atoms with Gasteiger partial charge in [-0.2, -0.15) is 5.26 Å². The van der Waals surface area contributed by atoms with Gasteiger partial charge in [0.05, 0.1) is 18.2 Å². The monoisotopic (exact) mass is 231 g/mol. The molecule has 0 amide bonds. The maximum absolute atomic E-state index is 11.6. The highest BCUT2D eigenvalue weighted by molar-refractivity contribution is 5.84. The smallest absolute Gasteiger partial charge is 0.163 e. The van der Waals surface area contributed by atoms with E-state index < -0.39 is 0 Å². The molecule has 0 saturated heterocycles. The third kappa shape index (κ3) is 4.38. The summed E-state index contributed by atoms with van der Waals surface area (Å²) in [5.41, 5.74) is 1.23. The van der Waals surface area contributed by atoms with Gasteiger partial charge in [0.15, 0.2) is 5.78 Å². The Morgan fingerprint density at radius 1 is 1.29 bits per heavy atom. The lowest BCUT2D eigenvalue weighted by molar-refractivity contribution is -0.131. The van der Waals surface area contributed by atoms with E-state index in [0.717, 1.165) is 5.56 Å². The predicted molar refractivity (Wildman–Crippen MR) is 65.3 cm³/mol. The number of nitrogens with zero attached hydrogens (tertiary/aromatic N) is 1. The van der Waals surface area contributed by atoms with Gasteiger partial charge in [0.25, 0.3) is 0 Å². The van der Waals surface area contributed by atoms with Crippen LogP contribution in [0.2, 0.25) is 0 Å². The molecule has 1 aromatic rings. The Balaban J connectivity index is 2.41. The second-order valence-electron chi connectivity index (χ2n) is 4.97. The standard InChI is InChI=1S/C14H17NO2/c1-14(2,3)13(16)10-17-9-12-6-4-11(8-15)5-7-12/h4-7H,9-10H2,1-3H3. The summed E-state index contributed by atoms with van der Waals surface area (Å²) >= 11 is 0. The Labute approximate surface area is 102 Å². The fourth-order valence-corrected chi connectivity index (χ4v) is 1.15. The zero-order valence-corrected chi connectivity index (χ0v) is 10.5. The minimum Gasteiger partial charge on any atom is -0.369 e. The molecule has 0 aliphatic rings. The fraction of sp³-hybridized carbons (Fsp3) is 0.429. The van der Waals surface area contributed by atoms with E-state index in [-0.39, 0.29) is 17.8 Å². The highest BCUT2D eigenvalue weighted by Crippen LogP contribution is 2.15. The minimum atomic E-state index is -0.356. The van der Waals surface area contributed by atoms with E-state index in [1.807, 2.05) is 32.9 Å². The number of rotatable bonds is 4. The van der Waals surface area contributed by atoms with Crippen molar-refractivity contribution >= 4 is 5.78 Å². The third-order valence-corrected chi connectivity index (χ3v) is 2.42. The van der Waals surface area contributed by atoms with Gasteiger partial charge in [-0.3, -0.25) is 4.79 Å². The van der Waals surface area contributed by atoms with Crippen LogP contribution in [0.25, 0.3) is 0 Å². The van der Waals surface area contributed by atoms with Gasteiger partial charge in [0.1, 0.15) is 6.61 Å². The lowest BCUT2D eigenvalue weighted by atomic mass is 9.91. The van der Waals surface area contributed by atoms with Crippen molar-refractivity contribution in [1.82, 2.24) is 0 Å². The van der Waals surface area contributed by atoms with Gasteiger partial charge in [-0.1, -0.05) is 32.9 Å². The van der Waals surface area contributed by atoms with Gasteiger partial charge in [-0.25, -0.2) is 0 Å². The second-order valence-corrected chi connectivity index (χ2v) is 4.97. The Morgan fingerprint density at radius 3 is 2.35 bits per heavy atom. The summed E-state index contributed by atoms with van der Waals surface area (Å²) in [5.74, 6) is 0.0890. The number of hydrogen-bond donors (Lipinski definition) is 0. The first-order valence-corrected chi connectivity index (χ1v) is 5.53. The SMILES string of the molecule is CC(C)(C)C(=O)COCc1ccc(C#N)cc1. The number of carbonyl (C=O) groups excluding carboxylic acids is 1. The lowest BCUT2D eigenvalue weighted by Gasteiger charge is -2.16. The molecular weight excluding hydrogens is 214 g/mol. The van der Waals surface area contributed by atoms with Crippen molar-refractivity contribution < 1.29 is 9.53 Å². The molecule has 0 N–H and O–H groups in total. The van der Waals surface area contributed by atoms with Crippen LogP contribution in [0.5, 0.6) is 0 Å². The van der Waals surface area contributed by atoms with Gasteiger partial charge in [-0.05, 0) is 17.7 Å². The third-order valence-electron chi connectivity index (χ3n) is 2.42. The topological polar surface area (TPSA) is 50.1 Å². The largest absolute Gasteiger partial charge is 0.369 e. The van der Waals surface area contributed by atoms with Crippen LogP contribution in [0, 0.1) is 16.7 Å². The molecule has 90 valence electrons. The molecule has 0 unspecified atom stereocenters. The van der Waals surface area contributed by atoms with Crippen molar-refractivity contribution in [1.29, 1.82) is 5.26 Å². The van der Waals surface area contributed by atoms with Crippen molar-refractivity contribution in [3.63, 3.8) is 0 Å². The number of Topliss-reactive ketones (excluding diaryl/α,β-unsaturated/α-hetero) is 1.